The molecule has 144 valence electrons. The average Bonchev–Trinajstić information content (AvgIpc) is 3.03. The van der Waals surface area contributed by atoms with E-state index in [0.29, 0.717) is 18.2 Å². The Morgan fingerprint density at radius 3 is 2.52 bits per heavy atom. The predicted octanol–water partition coefficient (Wildman–Crippen LogP) is 3.99. The van der Waals surface area contributed by atoms with Gasteiger partial charge in [0.05, 0.1) is 28.2 Å². The van der Waals surface area contributed by atoms with Crippen LogP contribution in [0.2, 0.25) is 0 Å². The summed E-state index contributed by atoms with van der Waals surface area (Å²) < 4.78 is 27.9. The van der Waals surface area contributed by atoms with Gasteiger partial charge in [-0.15, -0.1) is 0 Å². The first kappa shape index (κ1) is 19.4. The van der Waals surface area contributed by atoms with Crippen LogP contribution in [-0.2, 0) is 16.6 Å². The number of hydrogen-bond donors (Lipinski definition) is 3. The largest absolute Gasteiger partial charge is 0.341 e. The third-order valence-electron chi connectivity index (χ3n) is 4.36. The second kappa shape index (κ2) is 8.10. The number of fused-ring (bicyclic) bond motifs is 1. The van der Waals surface area contributed by atoms with Gasteiger partial charge in [0.15, 0.2) is 0 Å². The lowest BCUT2D eigenvalue weighted by Gasteiger charge is -2.10. The molecule has 1 heterocycles. The normalized spacial score (nSPS) is 12.0. The van der Waals surface area contributed by atoms with E-state index in [1.54, 1.807) is 24.3 Å². The van der Waals surface area contributed by atoms with E-state index in [1.807, 2.05) is 18.2 Å². The standard InChI is InChI=1S/C20H26N4O2S/c1-4-11-21-13-20-22-18-10-7-16(12-19(18)23-20)24-27(25,26)17-8-5-15(6-9-17)14(2)3/h5-10,12,14,21,24H,4,11,13H2,1-3H3,(H,22,23). The molecule has 0 aliphatic carbocycles. The number of rotatable bonds is 8. The Labute approximate surface area is 160 Å². The first-order valence-corrected chi connectivity index (χ1v) is 10.7. The van der Waals surface area contributed by atoms with E-state index in [2.05, 4.69) is 40.8 Å². The Hall–Kier alpha value is -2.38. The molecule has 1 aromatic heterocycles. The van der Waals surface area contributed by atoms with Crippen LogP contribution in [0.3, 0.4) is 0 Å². The molecular weight excluding hydrogens is 360 g/mol. The Bertz CT molecular complexity index is 1010. The van der Waals surface area contributed by atoms with Gasteiger partial charge in [0, 0.05) is 0 Å². The average molecular weight is 387 g/mol. The molecule has 0 bridgehead atoms. The summed E-state index contributed by atoms with van der Waals surface area (Å²) in [6.45, 7) is 7.85. The van der Waals surface area contributed by atoms with Crippen molar-refractivity contribution >= 4 is 26.7 Å². The fourth-order valence-electron chi connectivity index (χ4n) is 2.84. The molecule has 2 aromatic carbocycles. The summed E-state index contributed by atoms with van der Waals surface area (Å²) in [5, 5.41) is 3.29. The van der Waals surface area contributed by atoms with Crippen LogP contribution in [0.25, 0.3) is 11.0 Å². The van der Waals surface area contributed by atoms with E-state index in [4.69, 9.17) is 0 Å². The fraction of sp³-hybridized carbons (Fsp3) is 0.350. The lowest BCUT2D eigenvalue weighted by molar-refractivity contribution is 0.601. The molecule has 3 rings (SSSR count). The predicted molar refractivity (Wildman–Crippen MR) is 109 cm³/mol. The second-order valence-corrected chi connectivity index (χ2v) is 8.60. The van der Waals surface area contributed by atoms with Crippen molar-refractivity contribution < 1.29 is 8.42 Å². The van der Waals surface area contributed by atoms with Crippen LogP contribution in [0.5, 0.6) is 0 Å². The number of hydrogen-bond acceptors (Lipinski definition) is 4. The molecule has 0 atom stereocenters. The maximum atomic E-state index is 12.7. The van der Waals surface area contributed by atoms with E-state index >= 15 is 0 Å². The van der Waals surface area contributed by atoms with Crippen LogP contribution in [0, 0.1) is 0 Å². The molecule has 6 nitrogen and oxygen atoms in total. The summed E-state index contributed by atoms with van der Waals surface area (Å²) in [4.78, 5) is 7.99. The van der Waals surface area contributed by atoms with Crippen LogP contribution in [-0.4, -0.2) is 24.9 Å². The topological polar surface area (TPSA) is 86.9 Å². The molecular formula is C20H26N4O2S. The summed E-state index contributed by atoms with van der Waals surface area (Å²) in [7, 11) is -3.63. The summed E-state index contributed by atoms with van der Waals surface area (Å²) >= 11 is 0. The van der Waals surface area contributed by atoms with Gasteiger partial charge >= 0.3 is 0 Å². The molecule has 7 heteroatoms. The molecule has 0 saturated heterocycles. The SMILES string of the molecule is CCCNCc1nc2ccc(NS(=O)(=O)c3ccc(C(C)C)cc3)cc2[nH]1. The first-order chi connectivity index (χ1) is 12.9. The van der Waals surface area contributed by atoms with Crippen molar-refractivity contribution in [2.24, 2.45) is 0 Å². The van der Waals surface area contributed by atoms with Gasteiger partial charge in [0.25, 0.3) is 10.0 Å². The van der Waals surface area contributed by atoms with Crippen molar-refractivity contribution in [2.75, 3.05) is 11.3 Å². The molecule has 0 aliphatic heterocycles. The smallest absolute Gasteiger partial charge is 0.261 e. The quantitative estimate of drug-likeness (QED) is 0.511. The third kappa shape index (κ3) is 4.67. The molecule has 0 fully saturated rings. The molecule has 0 saturated carbocycles. The van der Waals surface area contributed by atoms with Crippen molar-refractivity contribution in [1.82, 2.24) is 15.3 Å². The molecule has 0 unspecified atom stereocenters. The van der Waals surface area contributed by atoms with Gasteiger partial charge in [-0.05, 0) is 54.8 Å². The summed E-state index contributed by atoms with van der Waals surface area (Å²) in [6.07, 6.45) is 1.06. The molecule has 0 radical (unpaired) electrons. The number of benzene rings is 2. The van der Waals surface area contributed by atoms with E-state index in [-0.39, 0.29) is 4.90 Å². The lowest BCUT2D eigenvalue weighted by atomic mass is 10.0. The van der Waals surface area contributed by atoms with Gasteiger partial charge < -0.3 is 10.3 Å². The minimum atomic E-state index is -3.63. The highest BCUT2D eigenvalue weighted by molar-refractivity contribution is 7.92. The lowest BCUT2D eigenvalue weighted by Crippen LogP contribution is -2.14. The fourth-order valence-corrected chi connectivity index (χ4v) is 3.89. The first-order valence-electron chi connectivity index (χ1n) is 9.21. The highest BCUT2D eigenvalue weighted by Gasteiger charge is 2.15. The zero-order valence-corrected chi connectivity index (χ0v) is 16.7. The number of anilines is 1. The molecule has 0 aliphatic rings. The van der Waals surface area contributed by atoms with E-state index in [1.165, 1.54) is 0 Å². The van der Waals surface area contributed by atoms with E-state index < -0.39 is 10.0 Å². The molecule has 0 amide bonds. The number of nitrogens with one attached hydrogen (secondary N) is 3. The van der Waals surface area contributed by atoms with Gasteiger partial charge in [-0.1, -0.05) is 32.9 Å². The Kier molecular flexibility index (Phi) is 5.82. The van der Waals surface area contributed by atoms with Gasteiger partial charge in [-0.3, -0.25) is 4.72 Å². The van der Waals surface area contributed by atoms with Crippen LogP contribution in [0.4, 0.5) is 5.69 Å². The Morgan fingerprint density at radius 2 is 1.85 bits per heavy atom. The number of imidazole rings is 1. The minimum Gasteiger partial charge on any atom is -0.341 e. The van der Waals surface area contributed by atoms with Crippen molar-refractivity contribution in [3.63, 3.8) is 0 Å². The van der Waals surface area contributed by atoms with E-state index in [0.717, 1.165) is 35.4 Å². The molecule has 0 spiro atoms. The van der Waals surface area contributed by atoms with Crippen molar-refractivity contribution in [3.05, 3.63) is 53.9 Å². The number of nitrogens with zero attached hydrogens (tertiary/aromatic N) is 1. The minimum absolute atomic E-state index is 0.251. The zero-order chi connectivity index (χ0) is 19.4. The van der Waals surface area contributed by atoms with Gasteiger partial charge in [0.1, 0.15) is 5.82 Å². The van der Waals surface area contributed by atoms with Gasteiger partial charge in [-0.2, -0.15) is 0 Å². The van der Waals surface area contributed by atoms with Gasteiger partial charge in [-0.25, -0.2) is 13.4 Å². The number of H-pyrrole nitrogens is 1. The Morgan fingerprint density at radius 1 is 1.11 bits per heavy atom. The second-order valence-electron chi connectivity index (χ2n) is 6.92. The molecule has 3 aromatic rings. The summed E-state index contributed by atoms with van der Waals surface area (Å²) in [5.41, 5.74) is 3.23. The molecule has 3 N–H and O–H groups in total. The number of sulfonamides is 1. The van der Waals surface area contributed by atoms with Crippen molar-refractivity contribution in [2.45, 2.75) is 44.6 Å². The maximum Gasteiger partial charge on any atom is 0.261 e. The van der Waals surface area contributed by atoms with E-state index in [9.17, 15) is 8.42 Å². The van der Waals surface area contributed by atoms with Crippen LogP contribution in [0.15, 0.2) is 47.4 Å². The van der Waals surface area contributed by atoms with Crippen LogP contribution >= 0.6 is 0 Å². The van der Waals surface area contributed by atoms with Gasteiger partial charge in [0.2, 0.25) is 0 Å². The van der Waals surface area contributed by atoms with Crippen molar-refractivity contribution in [3.8, 4) is 0 Å². The highest BCUT2D eigenvalue weighted by atomic mass is 32.2. The van der Waals surface area contributed by atoms with Crippen molar-refractivity contribution in [1.29, 1.82) is 0 Å². The highest BCUT2D eigenvalue weighted by Crippen LogP contribution is 2.22. The van der Waals surface area contributed by atoms with Crippen LogP contribution in [0.1, 0.15) is 44.5 Å². The summed E-state index contributed by atoms with van der Waals surface area (Å²) in [5.74, 6) is 1.20. The van der Waals surface area contributed by atoms with Crippen LogP contribution < -0.4 is 10.0 Å². The monoisotopic (exact) mass is 386 g/mol. The number of aromatic nitrogens is 2. The Balaban J connectivity index is 1.78. The third-order valence-corrected chi connectivity index (χ3v) is 5.76. The number of aromatic amines is 1. The zero-order valence-electron chi connectivity index (χ0n) is 15.9. The maximum absolute atomic E-state index is 12.7. The molecule has 27 heavy (non-hydrogen) atoms. The summed E-state index contributed by atoms with van der Waals surface area (Å²) in [6, 6.07) is 12.3.